The molecule has 3 heteroatoms. The molecule has 0 bridgehead atoms. The van der Waals surface area contributed by atoms with Crippen LogP contribution in [0.15, 0.2) is 89.9 Å². The fraction of sp³-hybridized carbons (Fsp3) is 0.115. The Morgan fingerprint density at radius 1 is 0.862 bits per heavy atom. The summed E-state index contributed by atoms with van der Waals surface area (Å²) in [6.45, 7) is 1.27. The molecule has 0 atom stereocenters. The largest absolute Gasteiger partial charge is 0.497 e. The lowest BCUT2D eigenvalue weighted by Crippen LogP contribution is -2.08. The Hall–Kier alpha value is -3.43. The fourth-order valence-electron chi connectivity index (χ4n) is 3.92. The molecule has 29 heavy (non-hydrogen) atoms. The van der Waals surface area contributed by atoms with E-state index >= 15 is 0 Å². The molecule has 0 spiro atoms. The highest BCUT2D eigenvalue weighted by molar-refractivity contribution is 6.21. The molecule has 142 valence electrons. The number of fused-ring (bicyclic) bond motifs is 2. The highest BCUT2D eigenvalue weighted by Crippen LogP contribution is 2.34. The van der Waals surface area contributed by atoms with E-state index in [0.717, 1.165) is 28.3 Å². The van der Waals surface area contributed by atoms with Crippen molar-refractivity contribution in [3.8, 4) is 5.75 Å². The second-order valence-electron chi connectivity index (χ2n) is 7.13. The SMILES string of the molecule is COc1ccc(N=C(c2ccccc2)c2c3c(cc4ccccc24)COC3)cc1. The van der Waals surface area contributed by atoms with Crippen molar-refractivity contribution in [1.82, 2.24) is 0 Å². The zero-order valence-electron chi connectivity index (χ0n) is 16.3. The van der Waals surface area contributed by atoms with E-state index in [1.807, 2.05) is 30.3 Å². The van der Waals surface area contributed by atoms with Gasteiger partial charge in [-0.2, -0.15) is 0 Å². The topological polar surface area (TPSA) is 30.8 Å². The number of methoxy groups -OCH3 is 1. The van der Waals surface area contributed by atoms with E-state index in [2.05, 4.69) is 54.6 Å². The molecule has 4 aromatic rings. The monoisotopic (exact) mass is 379 g/mol. The molecule has 0 aromatic heterocycles. The van der Waals surface area contributed by atoms with Gasteiger partial charge in [0.2, 0.25) is 0 Å². The summed E-state index contributed by atoms with van der Waals surface area (Å²) in [5, 5.41) is 2.41. The van der Waals surface area contributed by atoms with Gasteiger partial charge in [0.25, 0.3) is 0 Å². The van der Waals surface area contributed by atoms with Crippen LogP contribution in [0.5, 0.6) is 5.75 Å². The van der Waals surface area contributed by atoms with Gasteiger partial charge in [-0.05, 0) is 52.2 Å². The van der Waals surface area contributed by atoms with Crippen LogP contribution < -0.4 is 4.74 Å². The minimum atomic E-state index is 0.615. The maximum atomic E-state index is 5.82. The molecule has 0 N–H and O–H groups in total. The smallest absolute Gasteiger partial charge is 0.119 e. The molecule has 0 aliphatic carbocycles. The summed E-state index contributed by atoms with van der Waals surface area (Å²) in [7, 11) is 1.67. The minimum absolute atomic E-state index is 0.615. The van der Waals surface area contributed by atoms with Gasteiger partial charge in [-0.1, -0.05) is 54.6 Å². The van der Waals surface area contributed by atoms with Crippen LogP contribution in [-0.2, 0) is 18.0 Å². The van der Waals surface area contributed by atoms with Crippen molar-refractivity contribution < 1.29 is 9.47 Å². The fourth-order valence-corrected chi connectivity index (χ4v) is 3.92. The lowest BCUT2D eigenvalue weighted by Gasteiger charge is -2.15. The number of aliphatic imine (C=N–C) groups is 1. The molecule has 0 saturated heterocycles. The number of nitrogens with zero attached hydrogens (tertiary/aromatic N) is 1. The van der Waals surface area contributed by atoms with Gasteiger partial charge in [0.15, 0.2) is 0 Å². The maximum absolute atomic E-state index is 5.82. The van der Waals surface area contributed by atoms with Crippen molar-refractivity contribution in [3.05, 3.63) is 107 Å². The predicted octanol–water partition coefficient (Wildman–Crippen LogP) is 6.05. The molecule has 0 amide bonds. The Morgan fingerprint density at radius 3 is 2.41 bits per heavy atom. The lowest BCUT2D eigenvalue weighted by molar-refractivity contribution is 0.134. The van der Waals surface area contributed by atoms with Crippen LogP contribution in [-0.4, -0.2) is 12.8 Å². The summed E-state index contributed by atoms with van der Waals surface area (Å²) in [4.78, 5) is 5.11. The van der Waals surface area contributed by atoms with Crippen molar-refractivity contribution in [2.75, 3.05) is 7.11 Å². The number of benzene rings is 4. The third kappa shape index (κ3) is 3.30. The normalized spacial score (nSPS) is 13.5. The number of hydrogen-bond donors (Lipinski definition) is 0. The van der Waals surface area contributed by atoms with Crippen LogP contribution in [0.2, 0.25) is 0 Å². The average molecular weight is 379 g/mol. The van der Waals surface area contributed by atoms with E-state index in [4.69, 9.17) is 14.5 Å². The summed E-state index contributed by atoms with van der Waals surface area (Å²) >= 11 is 0. The average Bonchev–Trinajstić information content (AvgIpc) is 3.25. The van der Waals surface area contributed by atoms with Crippen molar-refractivity contribution in [3.63, 3.8) is 0 Å². The Kier molecular flexibility index (Phi) is 4.59. The zero-order chi connectivity index (χ0) is 19.6. The molecular formula is C26H21NO2. The van der Waals surface area contributed by atoms with Crippen molar-refractivity contribution in [2.45, 2.75) is 13.2 Å². The first-order valence-electron chi connectivity index (χ1n) is 9.73. The maximum Gasteiger partial charge on any atom is 0.119 e. The Bertz CT molecular complexity index is 1190. The van der Waals surface area contributed by atoms with E-state index < -0.39 is 0 Å². The summed E-state index contributed by atoms with van der Waals surface area (Å²) in [5.41, 5.74) is 6.60. The molecule has 0 radical (unpaired) electrons. The van der Waals surface area contributed by atoms with Crippen LogP contribution in [0.25, 0.3) is 10.8 Å². The number of rotatable bonds is 4. The van der Waals surface area contributed by atoms with Gasteiger partial charge < -0.3 is 9.47 Å². The van der Waals surface area contributed by atoms with Gasteiger partial charge in [-0.25, -0.2) is 4.99 Å². The van der Waals surface area contributed by atoms with Gasteiger partial charge in [-0.3, -0.25) is 0 Å². The van der Waals surface area contributed by atoms with Crippen molar-refractivity contribution in [1.29, 1.82) is 0 Å². The van der Waals surface area contributed by atoms with Gasteiger partial charge in [0, 0.05) is 11.1 Å². The van der Waals surface area contributed by atoms with Crippen LogP contribution in [0.3, 0.4) is 0 Å². The van der Waals surface area contributed by atoms with Crippen LogP contribution in [0, 0.1) is 0 Å². The minimum Gasteiger partial charge on any atom is -0.497 e. The first-order chi connectivity index (χ1) is 14.3. The molecule has 4 aromatic carbocycles. The summed E-state index contributed by atoms with van der Waals surface area (Å²) in [5.74, 6) is 0.824. The first kappa shape index (κ1) is 17.7. The van der Waals surface area contributed by atoms with Gasteiger partial charge in [0.05, 0.1) is 31.7 Å². The molecule has 5 rings (SSSR count). The third-order valence-corrected chi connectivity index (χ3v) is 5.35. The first-order valence-corrected chi connectivity index (χ1v) is 9.73. The predicted molar refractivity (Wildman–Crippen MR) is 117 cm³/mol. The van der Waals surface area contributed by atoms with Gasteiger partial charge >= 0.3 is 0 Å². The summed E-state index contributed by atoms with van der Waals surface area (Å²) in [6.07, 6.45) is 0. The van der Waals surface area contributed by atoms with Crippen LogP contribution >= 0.6 is 0 Å². The second-order valence-corrected chi connectivity index (χ2v) is 7.13. The molecule has 1 heterocycles. The second kappa shape index (κ2) is 7.53. The molecule has 0 saturated carbocycles. The molecule has 3 nitrogen and oxygen atoms in total. The molecular weight excluding hydrogens is 358 g/mol. The van der Waals surface area contributed by atoms with Gasteiger partial charge in [0.1, 0.15) is 5.75 Å². The highest BCUT2D eigenvalue weighted by Gasteiger charge is 2.22. The Morgan fingerprint density at radius 2 is 1.62 bits per heavy atom. The zero-order valence-corrected chi connectivity index (χ0v) is 16.3. The Labute approximate surface area is 170 Å². The van der Waals surface area contributed by atoms with Crippen LogP contribution in [0.4, 0.5) is 5.69 Å². The van der Waals surface area contributed by atoms with E-state index in [1.165, 1.54) is 21.9 Å². The van der Waals surface area contributed by atoms with E-state index in [0.29, 0.717) is 13.2 Å². The molecule has 1 aliphatic rings. The lowest BCUT2D eigenvalue weighted by atomic mass is 9.90. The van der Waals surface area contributed by atoms with Gasteiger partial charge in [-0.15, -0.1) is 0 Å². The molecule has 1 aliphatic heterocycles. The summed E-state index contributed by atoms with van der Waals surface area (Å²) < 4.78 is 11.1. The standard InChI is InChI=1S/C26H21NO2/c1-28-22-13-11-21(12-14-22)27-26(18-7-3-2-4-8-18)25-23-10-6-5-9-19(23)15-20-16-29-17-24(20)25/h2-15H,16-17H2,1H3. The van der Waals surface area contributed by atoms with Crippen molar-refractivity contribution in [2.24, 2.45) is 4.99 Å². The summed E-state index contributed by atoms with van der Waals surface area (Å²) in [6, 6.07) is 29.0. The highest BCUT2D eigenvalue weighted by atomic mass is 16.5. The Balaban J connectivity index is 1.79. The third-order valence-electron chi connectivity index (χ3n) is 5.35. The van der Waals surface area contributed by atoms with Crippen LogP contribution in [0.1, 0.15) is 22.3 Å². The van der Waals surface area contributed by atoms with Crippen molar-refractivity contribution >= 4 is 22.2 Å². The molecule has 0 fully saturated rings. The van der Waals surface area contributed by atoms with E-state index in [9.17, 15) is 0 Å². The number of hydrogen-bond acceptors (Lipinski definition) is 3. The number of ether oxygens (including phenoxy) is 2. The van der Waals surface area contributed by atoms with E-state index in [1.54, 1.807) is 7.11 Å². The quantitative estimate of drug-likeness (QED) is 0.404. The van der Waals surface area contributed by atoms with E-state index in [-0.39, 0.29) is 0 Å². The molecule has 0 unspecified atom stereocenters.